The van der Waals surface area contributed by atoms with Gasteiger partial charge in [-0.05, 0) is 62.6 Å². The van der Waals surface area contributed by atoms with Crippen molar-refractivity contribution in [3.8, 4) is 5.75 Å². The van der Waals surface area contributed by atoms with E-state index in [1.54, 1.807) is 11.8 Å². The first kappa shape index (κ1) is 19.4. The smallest absolute Gasteiger partial charge is 0.261 e. The Bertz CT molecular complexity index is 698. The van der Waals surface area contributed by atoms with Crippen LogP contribution < -0.4 is 10.1 Å². The molecule has 0 saturated heterocycles. The SMILES string of the molecule is CCC(Oc1ccc(C)c(C)c1)C(=O)NCCSc1ccc(C)cc1. The molecule has 134 valence electrons. The molecule has 0 heterocycles. The number of thioether (sulfide) groups is 1. The van der Waals surface area contributed by atoms with Crippen LogP contribution in [0.1, 0.15) is 30.0 Å². The van der Waals surface area contributed by atoms with Crippen LogP contribution >= 0.6 is 11.8 Å². The van der Waals surface area contributed by atoms with Crippen molar-refractivity contribution < 1.29 is 9.53 Å². The Morgan fingerprint density at radius 1 is 1.08 bits per heavy atom. The van der Waals surface area contributed by atoms with E-state index in [4.69, 9.17) is 4.74 Å². The van der Waals surface area contributed by atoms with E-state index >= 15 is 0 Å². The minimum atomic E-state index is -0.452. The number of rotatable bonds is 8. The Morgan fingerprint density at radius 3 is 2.44 bits per heavy atom. The molecule has 2 rings (SSSR count). The summed E-state index contributed by atoms with van der Waals surface area (Å²) in [7, 11) is 0. The highest BCUT2D eigenvalue weighted by molar-refractivity contribution is 7.99. The molecule has 0 aromatic heterocycles. The van der Waals surface area contributed by atoms with Gasteiger partial charge in [0.1, 0.15) is 5.75 Å². The van der Waals surface area contributed by atoms with E-state index in [-0.39, 0.29) is 5.91 Å². The molecule has 1 N–H and O–H groups in total. The molecule has 0 aliphatic rings. The number of amides is 1. The lowest BCUT2D eigenvalue weighted by Crippen LogP contribution is -2.39. The zero-order valence-electron chi connectivity index (χ0n) is 15.5. The second-order valence-electron chi connectivity index (χ2n) is 6.21. The zero-order chi connectivity index (χ0) is 18.2. The van der Waals surface area contributed by atoms with Gasteiger partial charge in [-0.25, -0.2) is 0 Å². The monoisotopic (exact) mass is 357 g/mol. The number of aryl methyl sites for hydroxylation is 3. The molecule has 0 fully saturated rings. The van der Waals surface area contributed by atoms with Crippen molar-refractivity contribution in [2.75, 3.05) is 12.3 Å². The van der Waals surface area contributed by atoms with E-state index in [9.17, 15) is 4.79 Å². The van der Waals surface area contributed by atoms with Gasteiger partial charge in [0.15, 0.2) is 6.10 Å². The van der Waals surface area contributed by atoms with Gasteiger partial charge in [-0.3, -0.25) is 4.79 Å². The number of benzene rings is 2. The summed E-state index contributed by atoms with van der Waals surface area (Å²) in [6.07, 6.45) is 0.190. The number of carbonyl (C=O) groups excluding carboxylic acids is 1. The molecular weight excluding hydrogens is 330 g/mol. The summed E-state index contributed by atoms with van der Waals surface area (Å²) in [5.41, 5.74) is 3.65. The van der Waals surface area contributed by atoms with Crippen molar-refractivity contribution in [3.63, 3.8) is 0 Å². The summed E-state index contributed by atoms with van der Waals surface area (Å²) in [5.74, 6) is 1.54. The van der Waals surface area contributed by atoms with E-state index in [1.807, 2.05) is 32.0 Å². The van der Waals surface area contributed by atoms with Crippen LogP contribution in [0.2, 0.25) is 0 Å². The largest absolute Gasteiger partial charge is 0.481 e. The molecule has 25 heavy (non-hydrogen) atoms. The molecule has 0 aliphatic carbocycles. The molecule has 0 aliphatic heterocycles. The quantitative estimate of drug-likeness (QED) is 0.551. The van der Waals surface area contributed by atoms with Gasteiger partial charge in [0.2, 0.25) is 0 Å². The Balaban J connectivity index is 1.79. The zero-order valence-corrected chi connectivity index (χ0v) is 16.3. The molecular formula is C21H27NO2S. The molecule has 1 atom stereocenters. The molecule has 1 unspecified atom stereocenters. The summed E-state index contributed by atoms with van der Waals surface area (Å²) >= 11 is 1.74. The maximum absolute atomic E-state index is 12.3. The topological polar surface area (TPSA) is 38.3 Å². The van der Waals surface area contributed by atoms with Crippen molar-refractivity contribution in [2.45, 2.75) is 45.1 Å². The third-order valence-corrected chi connectivity index (χ3v) is 5.12. The molecule has 2 aromatic rings. The summed E-state index contributed by atoms with van der Waals surface area (Å²) in [5, 5.41) is 2.98. The Kier molecular flexibility index (Phi) is 7.38. The average molecular weight is 358 g/mol. The molecule has 0 radical (unpaired) electrons. The van der Waals surface area contributed by atoms with Gasteiger partial charge < -0.3 is 10.1 Å². The van der Waals surface area contributed by atoms with E-state index in [0.717, 1.165) is 11.5 Å². The molecule has 0 saturated carbocycles. The highest BCUT2D eigenvalue weighted by Crippen LogP contribution is 2.19. The molecule has 2 aromatic carbocycles. The normalized spacial score (nSPS) is 11.8. The minimum Gasteiger partial charge on any atom is -0.481 e. The molecule has 3 nitrogen and oxygen atoms in total. The first-order chi connectivity index (χ1) is 12.0. The maximum atomic E-state index is 12.3. The van der Waals surface area contributed by atoms with Crippen LogP contribution in [0.15, 0.2) is 47.4 Å². The van der Waals surface area contributed by atoms with Gasteiger partial charge in [-0.2, -0.15) is 0 Å². The second kappa shape index (κ2) is 9.52. The van der Waals surface area contributed by atoms with Gasteiger partial charge in [0.05, 0.1) is 0 Å². The van der Waals surface area contributed by atoms with E-state index in [1.165, 1.54) is 21.6 Å². The number of nitrogens with one attached hydrogen (secondary N) is 1. The van der Waals surface area contributed by atoms with Crippen LogP contribution in [0, 0.1) is 20.8 Å². The maximum Gasteiger partial charge on any atom is 0.261 e. The lowest BCUT2D eigenvalue weighted by molar-refractivity contribution is -0.127. The van der Waals surface area contributed by atoms with Crippen molar-refractivity contribution in [1.29, 1.82) is 0 Å². The Hall–Kier alpha value is -1.94. The fourth-order valence-corrected chi connectivity index (χ4v) is 3.13. The molecule has 4 heteroatoms. The minimum absolute atomic E-state index is 0.0507. The highest BCUT2D eigenvalue weighted by Gasteiger charge is 2.18. The third-order valence-electron chi connectivity index (χ3n) is 4.11. The van der Waals surface area contributed by atoms with Crippen molar-refractivity contribution in [2.24, 2.45) is 0 Å². The lowest BCUT2D eigenvalue weighted by atomic mass is 10.1. The van der Waals surface area contributed by atoms with Gasteiger partial charge in [-0.15, -0.1) is 11.8 Å². The summed E-state index contributed by atoms with van der Waals surface area (Å²) in [4.78, 5) is 13.6. The van der Waals surface area contributed by atoms with Gasteiger partial charge in [0, 0.05) is 17.2 Å². The van der Waals surface area contributed by atoms with E-state index in [2.05, 4.69) is 43.4 Å². The van der Waals surface area contributed by atoms with Crippen LogP contribution in [-0.2, 0) is 4.79 Å². The Labute approximate surface area is 155 Å². The number of ether oxygens (including phenoxy) is 1. The van der Waals surface area contributed by atoms with Crippen LogP contribution in [0.25, 0.3) is 0 Å². The molecule has 0 spiro atoms. The number of hydrogen-bond acceptors (Lipinski definition) is 3. The first-order valence-corrected chi connectivity index (χ1v) is 9.69. The van der Waals surface area contributed by atoms with Crippen molar-refractivity contribution in [3.05, 3.63) is 59.2 Å². The fourth-order valence-electron chi connectivity index (χ4n) is 2.37. The number of carbonyl (C=O) groups is 1. The predicted octanol–water partition coefficient (Wildman–Crippen LogP) is 4.68. The van der Waals surface area contributed by atoms with Crippen molar-refractivity contribution in [1.82, 2.24) is 5.32 Å². The Morgan fingerprint density at radius 2 is 1.80 bits per heavy atom. The fraction of sp³-hybridized carbons (Fsp3) is 0.381. The van der Waals surface area contributed by atoms with Gasteiger partial charge in [-0.1, -0.05) is 30.7 Å². The van der Waals surface area contributed by atoms with Gasteiger partial charge >= 0.3 is 0 Å². The second-order valence-corrected chi connectivity index (χ2v) is 7.38. The van der Waals surface area contributed by atoms with Crippen molar-refractivity contribution >= 4 is 17.7 Å². The lowest BCUT2D eigenvalue weighted by Gasteiger charge is -2.18. The summed E-state index contributed by atoms with van der Waals surface area (Å²) in [6, 6.07) is 14.4. The number of hydrogen-bond donors (Lipinski definition) is 1. The van der Waals surface area contributed by atoms with E-state index in [0.29, 0.717) is 13.0 Å². The summed E-state index contributed by atoms with van der Waals surface area (Å²) in [6.45, 7) is 8.78. The summed E-state index contributed by atoms with van der Waals surface area (Å²) < 4.78 is 5.87. The molecule has 0 bridgehead atoms. The third kappa shape index (κ3) is 6.13. The highest BCUT2D eigenvalue weighted by atomic mass is 32.2. The van der Waals surface area contributed by atoms with E-state index < -0.39 is 6.10 Å². The van der Waals surface area contributed by atoms with Crippen LogP contribution in [0.3, 0.4) is 0 Å². The van der Waals surface area contributed by atoms with Crippen LogP contribution in [-0.4, -0.2) is 24.3 Å². The first-order valence-electron chi connectivity index (χ1n) is 8.70. The predicted molar refractivity (Wildman–Crippen MR) is 106 cm³/mol. The molecule has 1 amide bonds. The standard InChI is InChI=1S/C21H27NO2S/c1-5-20(24-18-9-8-16(3)17(4)14-18)21(23)22-12-13-25-19-10-6-15(2)7-11-19/h6-11,14,20H,5,12-13H2,1-4H3,(H,22,23). The van der Waals surface area contributed by atoms with Crippen LogP contribution in [0.5, 0.6) is 5.75 Å². The van der Waals surface area contributed by atoms with Gasteiger partial charge in [0.25, 0.3) is 5.91 Å². The van der Waals surface area contributed by atoms with Crippen LogP contribution in [0.4, 0.5) is 0 Å². The average Bonchev–Trinajstić information content (AvgIpc) is 2.61.